The normalized spacial score (nSPS) is 18.1. The van der Waals surface area contributed by atoms with Gasteiger partial charge in [0.05, 0.1) is 5.71 Å². The minimum atomic E-state index is 0.983. The molecule has 0 spiro atoms. The van der Waals surface area contributed by atoms with Gasteiger partial charge in [-0.25, -0.2) is 0 Å². The van der Waals surface area contributed by atoms with Crippen LogP contribution in [0.2, 0.25) is 0 Å². The van der Waals surface area contributed by atoms with Gasteiger partial charge in [0.25, 0.3) is 0 Å². The van der Waals surface area contributed by atoms with Crippen LogP contribution in [-0.2, 0) is 6.42 Å². The molecule has 2 aliphatic rings. The van der Waals surface area contributed by atoms with E-state index in [4.69, 9.17) is 0 Å². The summed E-state index contributed by atoms with van der Waals surface area (Å²) < 4.78 is 0. The minimum Gasteiger partial charge on any atom is -0.257 e. The maximum atomic E-state index is 4.63. The average Bonchev–Trinajstić information content (AvgIpc) is 2.75. The van der Waals surface area contributed by atoms with Crippen molar-refractivity contribution in [2.75, 3.05) is 0 Å². The SMILES string of the molecule is CC1=CC(C2=NC=CCC(Cc3ccc(C)cc3)=C2)=CCC1. The maximum Gasteiger partial charge on any atom is 0.0698 e. The van der Waals surface area contributed by atoms with E-state index in [0.717, 1.165) is 25.0 Å². The van der Waals surface area contributed by atoms with Crippen molar-refractivity contribution in [3.8, 4) is 0 Å². The molecule has 0 bridgehead atoms. The van der Waals surface area contributed by atoms with Crippen molar-refractivity contribution in [3.63, 3.8) is 0 Å². The fourth-order valence-electron chi connectivity index (χ4n) is 2.91. The third-order valence-corrected chi connectivity index (χ3v) is 4.19. The Hall–Kier alpha value is -2.15. The second-order valence-electron chi connectivity index (χ2n) is 6.26. The van der Waals surface area contributed by atoms with Crippen molar-refractivity contribution >= 4 is 5.71 Å². The smallest absolute Gasteiger partial charge is 0.0698 e. The Labute approximate surface area is 133 Å². The van der Waals surface area contributed by atoms with Crippen molar-refractivity contribution < 1.29 is 0 Å². The zero-order valence-corrected chi connectivity index (χ0v) is 13.5. The molecule has 1 aliphatic carbocycles. The first kappa shape index (κ1) is 14.8. The number of nitrogens with zero attached hydrogens (tertiary/aromatic N) is 1. The summed E-state index contributed by atoms with van der Waals surface area (Å²) in [5, 5.41) is 0. The monoisotopic (exact) mass is 289 g/mol. The second kappa shape index (κ2) is 6.74. The highest BCUT2D eigenvalue weighted by Gasteiger charge is 2.10. The lowest BCUT2D eigenvalue weighted by atomic mass is 9.94. The van der Waals surface area contributed by atoms with Gasteiger partial charge in [0, 0.05) is 6.20 Å². The van der Waals surface area contributed by atoms with E-state index in [0.29, 0.717) is 0 Å². The van der Waals surface area contributed by atoms with Crippen molar-refractivity contribution in [3.05, 3.63) is 82.6 Å². The van der Waals surface area contributed by atoms with E-state index in [2.05, 4.69) is 67.4 Å². The van der Waals surface area contributed by atoms with Crippen LogP contribution in [-0.4, -0.2) is 5.71 Å². The molecule has 1 nitrogen and oxygen atoms in total. The van der Waals surface area contributed by atoms with Crippen LogP contribution in [0.25, 0.3) is 0 Å². The molecule has 1 heteroatoms. The largest absolute Gasteiger partial charge is 0.257 e. The van der Waals surface area contributed by atoms with Crippen LogP contribution in [0.15, 0.2) is 76.5 Å². The third-order valence-electron chi connectivity index (χ3n) is 4.19. The maximum absolute atomic E-state index is 4.63. The molecule has 1 aromatic carbocycles. The molecule has 0 unspecified atom stereocenters. The van der Waals surface area contributed by atoms with Crippen LogP contribution >= 0.6 is 0 Å². The van der Waals surface area contributed by atoms with Gasteiger partial charge in [0.15, 0.2) is 0 Å². The van der Waals surface area contributed by atoms with Gasteiger partial charge in [-0.1, -0.05) is 59.2 Å². The van der Waals surface area contributed by atoms with Crippen LogP contribution in [0, 0.1) is 6.92 Å². The molecule has 0 fully saturated rings. The number of aryl methyl sites for hydroxylation is 1. The first-order valence-corrected chi connectivity index (χ1v) is 8.06. The number of allylic oxidation sites excluding steroid dienone is 7. The molecule has 112 valence electrons. The molecule has 0 atom stereocenters. The summed E-state index contributed by atoms with van der Waals surface area (Å²) in [4.78, 5) is 4.63. The first-order valence-electron chi connectivity index (χ1n) is 8.06. The molecule has 0 radical (unpaired) electrons. The quantitative estimate of drug-likeness (QED) is 0.698. The van der Waals surface area contributed by atoms with Crippen LogP contribution in [0.3, 0.4) is 0 Å². The van der Waals surface area contributed by atoms with Crippen LogP contribution in [0.5, 0.6) is 0 Å². The van der Waals surface area contributed by atoms with Crippen molar-refractivity contribution in [1.29, 1.82) is 0 Å². The summed E-state index contributed by atoms with van der Waals surface area (Å²) in [5.74, 6) is 0. The van der Waals surface area contributed by atoms with Gasteiger partial charge in [-0.3, -0.25) is 4.99 Å². The molecule has 0 N–H and O–H groups in total. The molecule has 1 heterocycles. The molecule has 0 saturated heterocycles. The molecule has 0 aromatic heterocycles. The molecule has 0 saturated carbocycles. The lowest BCUT2D eigenvalue weighted by Gasteiger charge is -2.11. The lowest BCUT2D eigenvalue weighted by molar-refractivity contribution is 0.955. The van der Waals surface area contributed by atoms with E-state index in [1.807, 2.05) is 6.20 Å². The van der Waals surface area contributed by atoms with E-state index in [-0.39, 0.29) is 0 Å². The van der Waals surface area contributed by atoms with Gasteiger partial charge in [-0.05, 0) is 56.7 Å². The van der Waals surface area contributed by atoms with E-state index >= 15 is 0 Å². The lowest BCUT2D eigenvalue weighted by Crippen LogP contribution is -2.03. The molecule has 1 aromatic rings. The van der Waals surface area contributed by atoms with E-state index in [1.165, 1.54) is 34.3 Å². The number of aliphatic imine (C=N–C) groups is 1. The zero-order chi connectivity index (χ0) is 15.4. The summed E-state index contributed by atoms with van der Waals surface area (Å²) in [6.45, 7) is 4.34. The highest BCUT2D eigenvalue weighted by atomic mass is 14.7. The van der Waals surface area contributed by atoms with E-state index in [1.54, 1.807) is 0 Å². The molecule has 0 amide bonds. The molecule has 22 heavy (non-hydrogen) atoms. The Kier molecular flexibility index (Phi) is 4.53. The zero-order valence-electron chi connectivity index (χ0n) is 13.5. The van der Waals surface area contributed by atoms with Gasteiger partial charge in [-0.15, -0.1) is 0 Å². The predicted molar refractivity (Wildman–Crippen MR) is 95.2 cm³/mol. The Morgan fingerprint density at radius 2 is 1.86 bits per heavy atom. The second-order valence-corrected chi connectivity index (χ2v) is 6.26. The Morgan fingerprint density at radius 3 is 2.64 bits per heavy atom. The standard InChI is InChI=1S/C21H23N/c1-16-8-10-18(11-9-16)14-19-6-4-12-22-21(15-19)20-7-3-5-17(2)13-20/h4,7-13,15H,3,5-6,14H2,1-2H3. The van der Waals surface area contributed by atoms with Gasteiger partial charge < -0.3 is 0 Å². The number of benzene rings is 1. The topological polar surface area (TPSA) is 12.4 Å². The molecular formula is C21H23N. The molecule has 3 rings (SSSR count). The number of hydrogen-bond donors (Lipinski definition) is 0. The number of rotatable bonds is 3. The van der Waals surface area contributed by atoms with Gasteiger partial charge in [0.2, 0.25) is 0 Å². The summed E-state index contributed by atoms with van der Waals surface area (Å²) >= 11 is 0. The van der Waals surface area contributed by atoms with E-state index < -0.39 is 0 Å². The Morgan fingerprint density at radius 1 is 1.05 bits per heavy atom. The third kappa shape index (κ3) is 3.73. The van der Waals surface area contributed by atoms with Crippen molar-refractivity contribution in [2.24, 2.45) is 4.99 Å². The van der Waals surface area contributed by atoms with Crippen LogP contribution in [0.1, 0.15) is 37.3 Å². The van der Waals surface area contributed by atoms with Crippen molar-refractivity contribution in [2.45, 2.75) is 39.5 Å². The first-order chi connectivity index (χ1) is 10.7. The number of hydrogen-bond acceptors (Lipinski definition) is 1. The summed E-state index contributed by atoms with van der Waals surface area (Å²) in [5.41, 5.74) is 7.94. The predicted octanol–water partition coefficient (Wildman–Crippen LogP) is 5.49. The fraction of sp³-hybridized carbons (Fsp3) is 0.286. The summed E-state index contributed by atoms with van der Waals surface area (Å²) in [7, 11) is 0. The van der Waals surface area contributed by atoms with Gasteiger partial charge in [-0.2, -0.15) is 0 Å². The van der Waals surface area contributed by atoms with Crippen molar-refractivity contribution in [1.82, 2.24) is 0 Å². The summed E-state index contributed by atoms with van der Waals surface area (Å²) in [6.07, 6.45) is 15.3. The minimum absolute atomic E-state index is 0.983. The molecule has 1 aliphatic heterocycles. The fourth-order valence-corrected chi connectivity index (χ4v) is 2.91. The summed E-state index contributed by atoms with van der Waals surface area (Å²) in [6, 6.07) is 8.83. The van der Waals surface area contributed by atoms with Gasteiger partial charge in [0.1, 0.15) is 0 Å². The Balaban J connectivity index is 1.83. The highest BCUT2D eigenvalue weighted by Crippen LogP contribution is 2.22. The van der Waals surface area contributed by atoms with Gasteiger partial charge >= 0.3 is 0 Å². The van der Waals surface area contributed by atoms with Crippen LogP contribution in [0.4, 0.5) is 0 Å². The Bertz CT molecular complexity index is 694. The van der Waals surface area contributed by atoms with Crippen LogP contribution < -0.4 is 0 Å². The highest BCUT2D eigenvalue weighted by molar-refractivity contribution is 6.11. The van der Waals surface area contributed by atoms with E-state index in [9.17, 15) is 0 Å². The average molecular weight is 289 g/mol. The molecular weight excluding hydrogens is 266 g/mol.